The number of halogens is 3. The van der Waals surface area contributed by atoms with E-state index in [4.69, 9.17) is 0 Å². The molecule has 0 saturated carbocycles. The number of piperidine rings is 1. The van der Waals surface area contributed by atoms with E-state index in [9.17, 15) is 18.0 Å². The predicted molar refractivity (Wildman–Crippen MR) is 69.7 cm³/mol. The van der Waals surface area contributed by atoms with Crippen LogP contribution in [0.3, 0.4) is 0 Å². The van der Waals surface area contributed by atoms with E-state index in [0.29, 0.717) is 12.1 Å². The Kier molecular flexibility index (Phi) is 3.61. The Hall–Kier alpha value is -1.63. The molecule has 114 valence electrons. The molecule has 2 fully saturated rings. The van der Waals surface area contributed by atoms with Crippen molar-refractivity contribution in [2.75, 3.05) is 0 Å². The van der Waals surface area contributed by atoms with Crippen LogP contribution in [0.25, 0.3) is 0 Å². The molecule has 1 amide bonds. The monoisotopic (exact) mass is 299 g/mol. The van der Waals surface area contributed by atoms with Gasteiger partial charge in [0, 0.05) is 24.3 Å². The fraction of sp³-hybridized carbons (Fsp3) is 0.571. The van der Waals surface area contributed by atoms with Gasteiger partial charge in [0.15, 0.2) is 0 Å². The normalized spacial score (nSPS) is 28.4. The first-order valence-electron chi connectivity index (χ1n) is 7.02. The number of nitrogens with zero attached hydrogens (tertiary/aromatic N) is 1. The van der Waals surface area contributed by atoms with Crippen LogP contribution in [0, 0.1) is 0 Å². The first kappa shape index (κ1) is 14.3. The van der Waals surface area contributed by atoms with Gasteiger partial charge < -0.3 is 10.6 Å². The predicted octanol–water partition coefficient (Wildman–Crippen LogP) is 2.11. The summed E-state index contributed by atoms with van der Waals surface area (Å²) < 4.78 is 37.2. The van der Waals surface area contributed by atoms with Crippen LogP contribution in [0.1, 0.15) is 41.7 Å². The van der Waals surface area contributed by atoms with E-state index in [1.807, 2.05) is 0 Å². The van der Waals surface area contributed by atoms with Crippen LogP contribution in [0.2, 0.25) is 0 Å². The lowest BCUT2D eigenvalue weighted by atomic mass is 9.99. The van der Waals surface area contributed by atoms with Gasteiger partial charge in [0.1, 0.15) is 5.69 Å². The molecule has 3 rings (SSSR count). The van der Waals surface area contributed by atoms with E-state index in [2.05, 4.69) is 15.6 Å². The molecule has 2 aliphatic rings. The second-order valence-electron chi connectivity index (χ2n) is 5.71. The molecule has 2 saturated heterocycles. The molecular formula is C14H16F3N3O. The first-order chi connectivity index (χ1) is 9.91. The van der Waals surface area contributed by atoms with E-state index >= 15 is 0 Å². The van der Waals surface area contributed by atoms with Gasteiger partial charge in [-0.05, 0) is 37.8 Å². The van der Waals surface area contributed by atoms with Crippen LogP contribution in [0.5, 0.6) is 0 Å². The summed E-state index contributed by atoms with van der Waals surface area (Å²) in [5.41, 5.74) is -0.826. The maximum absolute atomic E-state index is 12.4. The van der Waals surface area contributed by atoms with Gasteiger partial charge in [-0.2, -0.15) is 13.2 Å². The maximum Gasteiger partial charge on any atom is 0.433 e. The van der Waals surface area contributed by atoms with Gasteiger partial charge >= 0.3 is 6.18 Å². The lowest BCUT2D eigenvalue weighted by molar-refractivity contribution is -0.141. The number of alkyl halides is 3. The molecule has 0 aromatic carbocycles. The van der Waals surface area contributed by atoms with Crippen LogP contribution >= 0.6 is 0 Å². The Bertz CT molecular complexity index is 517. The number of pyridine rings is 1. The van der Waals surface area contributed by atoms with Crippen molar-refractivity contribution in [3.8, 4) is 0 Å². The van der Waals surface area contributed by atoms with Crippen LogP contribution in [0.4, 0.5) is 13.2 Å². The highest BCUT2D eigenvalue weighted by atomic mass is 19.4. The quantitative estimate of drug-likeness (QED) is 0.879. The summed E-state index contributed by atoms with van der Waals surface area (Å²) in [6.07, 6.45) is 0.488. The number of amides is 1. The highest BCUT2D eigenvalue weighted by Crippen LogP contribution is 2.28. The SMILES string of the molecule is O=C(NC1CC2CCC(C1)N2)c1ccc(C(F)(F)F)nc1. The van der Waals surface area contributed by atoms with Gasteiger partial charge in [0.25, 0.3) is 5.91 Å². The van der Waals surface area contributed by atoms with Crippen molar-refractivity contribution in [3.05, 3.63) is 29.6 Å². The first-order valence-corrected chi connectivity index (χ1v) is 7.02. The van der Waals surface area contributed by atoms with Gasteiger partial charge in [0.2, 0.25) is 0 Å². The zero-order chi connectivity index (χ0) is 15.0. The number of carbonyl (C=O) groups is 1. The fourth-order valence-corrected chi connectivity index (χ4v) is 3.14. The number of nitrogens with one attached hydrogen (secondary N) is 2. The Morgan fingerprint density at radius 2 is 1.90 bits per heavy atom. The number of aromatic nitrogens is 1. The molecule has 2 unspecified atom stereocenters. The van der Waals surface area contributed by atoms with Crippen molar-refractivity contribution in [2.45, 2.75) is 50.0 Å². The summed E-state index contributed by atoms with van der Waals surface area (Å²) in [6.45, 7) is 0. The summed E-state index contributed by atoms with van der Waals surface area (Å²) in [5, 5.41) is 6.36. The summed E-state index contributed by atoms with van der Waals surface area (Å²) >= 11 is 0. The van der Waals surface area contributed by atoms with Crippen molar-refractivity contribution in [3.63, 3.8) is 0 Å². The highest BCUT2D eigenvalue weighted by molar-refractivity contribution is 5.94. The molecule has 2 aliphatic heterocycles. The van der Waals surface area contributed by atoms with Crippen molar-refractivity contribution >= 4 is 5.91 Å². The van der Waals surface area contributed by atoms with Crippen LogP contribution in [-0.4, -0.2) is 29.0 Å². The zero-order valence-electron chi connectivity index (χ0n) is 11.3. The average molecular weight is 299 g/mol. The molecule has 21 heavy (non-hydrogen) atoms. The summed E-state index contributed by atoms with van der Waals surface area (Å²) in [7, 11) is 0. The third kappa shape index (κ3) is 3.18. The highest BCUT2D eigenvalue weighted by Gasteiger charge is 2.35. The third-order valence-corrected chi connectivity index (χ3v) is 4.12. The van der Waals surface area contributed by atoms with E-state index in [-0.39, 0.29) is 17.5 Å². The Labute approximate surface area is 120 Å². The molecular weight excluding hydrogens is 283 g/mol. The zero-order valence-corrected chi connectivity index (χ0v) is 11.3. The topological polar surface area (TPSA) is 54.0 Å². The van der Waals surface area contributed by atoms with Gasteiger partial charge in [-0.3, -0.25) is 9.78 Å². The molecule has 0 spiro atoms. The largest absolute Gasteiger partial charge is 0.433 e. The van der Waals surface area contributed by atoms with Crippen LogP contribution < -0.4 is 10.6 Å². The summed E-state index contributed by atoms with van der Waals surface area (Å²) in [5.74, 6) is -0.359. The maximum atomic E-state index is 12.4. The number of fused-ring (bicyclic) bond motifs is 2. The molecule has 2 N–H and O–H groups in total. The molecule has 2 bridgehead atoms. The molecule has 3 heterocycles. The lowest BCUT2D eigenvalue weighted by Gasteiger charge is -2.29. The van der Waals surface area contributed by atoms with E-state index in [0.717, 1.165) is 37.9 Å². The fourth-order valence-electron chi connectivity index (χ4n) is 3.14. The van der Waals surface area contributed by atoms with E-state index < -0.39 is 11.9 Å². The molecule has 4 nitrogen and oxygen atoms in total. The number of hydrogen-bond acceptors (Lipinski definition) is 3. The number of rotatable bonds is 2. The van der Waals surface area contributed by atoms with E-state index in [1.54, 1.807) is 0 Å². The summed E-state index contributed by atoms with van der Waals surface area (Å²) in [6, 6.07) is 2.97. The van der Waals surface area contributed by atoms with Gasteiger partial charge in [-0.1, -0.05) is 0 Å². The van der Waals surface area contributed by atoms with Crippen LogP contribution in [0.15, 0.2) is 18.3 Å². The Morgan fingerprint density at radius 3 is 2.43 bits per heavy atom. The van der Waals surface area contributed by atoms with Gasteiger partial charge in [0.05, 0.1) is 5.56 Å². The van der Waals surface area contributed by atoms with Crippen molar-refractivity contribution in [1.82, 2.24) is 15.6 Å². The molecule has 7 heteroatoms. The Balaban J connectivity index is 1.63. The van der Waals surface area contributed by atoms with Gasteiger partial charge in [-0.25, -0.2) is 0 Å². The van der Waals surface area contributed by atoms with Crippen molar-refractivity contribution in [2.24, 2.45) is 0 Å². The van der Waals surface area contributed by atoms with Crippen molar-refractivity contribution < 1.29 is 18.0 Å². The second-order valence-corrected chi connectivity index (χ2v) is 5.71. The molecule has 1 aromatic rings. The number of carbonyl (C=O) groups excluding carboxylic acids is 1. The second kappa shape index (κ2) is 5.29. The third-order valence-electron chi connectivity index (χ3n) is 4.12. The minimum atomic E-state index is -4.48. The minimum absolute atomic E-state index is 0.0820. The van der Waals surface area contributed by atoms with Gasteiger partial charge in [-0.15, -0.1) is 0 Å². The number of hydrogen-bond donors (Lipinski definition) is 2. The Morgan fingerprint density at radius 1 is 1.24 bits per heavy atom. The molecule has 1 aromatic heterocycles. The molecule has 0 aliphatic carbocycles. The van der Waals surface area contributed by atoms with Crippen LogP contribution in [-0.2, 0) is 6.18 Å². The average Bonchev–Trinajstić information content (AvgIpc) is 2.77. The smallest absolute Gasteiger partial charge is 0.349 e. The minimum Gasteiger partial charge on any atom is -0.349 e. The van der Waals surface area contributed by atoms with E-state index in [1.165, 1.54) is 6.07 Å². The molecule has 0 radical (unpaired) electrons. The summed E-state index contributed by atoms with van der Waals surface area (Å²) in [4.78, 5) is 15.4. The van der Waals surface area contributed by atoms with Crippen molar-refractivity contribution in [1.29, 1.82) is 0 Å². The molecule has 2 atom stereocenters. The standard InChI is InChI=1S/C14H16F3N3O/c15-14(16,17)12-4-1-8(7-18-12)13(21)20-11-5-9-2-3-10(6-11)19-9/h1,4,7,9-11,19H,2-3,5-6H2,(H,20,21). The lowest BCUT2D eigenvalue weighted by Crippen LogP contribution is -2.48.